The summed E-state index contributed by atoms with van der Waals surface area (Å²) in [4.78, 5) is 12.9. The summed E-state index contributed by atoms with van der Waals surface area (Å²) in [7, 11) is 3.00. The number of thiocarbonyl (C=S) groups is 1. The normalized spacial score (nSPS) is 10.4. The summed E-state index contributed by atoms with van der Waals surface area (Å²) in [6.07, 6.45) is 3.55. The number of carbonyl (C=O) groups is 1. The van der Waals surface area contributed by atoms with Crippen molar-refractivity contribution in [3.05, 3.63) is 58.7 Å². The molecule has 2 aromatic heterocycles. The van der Waals surface area contributed by atoms with Crippen molar-refractivity contribution in [2.45, 2.75) is 13.5 Å². The molecule has 1 aromatic carbocycles. The molecule has 0 saturated heterocycles. The van der Waals surface area contributed by atoms with Crippen molar-refractivity contribution in [2.75, 3.05) is 24.9 Å². The van der Waals surface area contributed by atoms with Crippen LogP contribution in [0.4, 0.5) is 10.7 Å². The first-order chi connectivity index (χ1) is 13.5. The van der Waals surface area contributed by atoms with E-state index in [9.17, 15) is 4.79 Å². The van der Waals surface area contributed by atoms with Gasteiger partial charge in [0.25, 0.3) is 0 Å². The number of aromatic nitrogens is 2. The number of nitrogens with zero attached hydrogens (tertiary/aromatic N) is 2. The van der Waals surface area contributed by atoms with Crippen molar-refractivity contribution < 1.29 is 14.3 Å². The van der Waals surface area contributed by atoms with Crippen LogP contribution in [0.25, 0.3) is 0 Å². The lowest BCUT2D eigenvalue weighted by Crippen LogP contribution is -2.19. The van der Waals surface area contributed by atoms with E-state index < -0.39 is 5.97 Å². The average Bonchev–Trinajstić information content (AvgIpc) is 3.27. The van der Waals surface area contributed by atoms with Crippen LogP contribution in [0.3, 0.4) is 0 Å². The minimum absolute atomic E-state index is 0.368. The number of anilines is 2. The zero-order chi connectivity index (χ0) is 20.1. The fourth-order valence-electron chi connectivity index (χ4n) is 2.61. The highest BCUT2D eigenvalue weighted by Gasteiger charge is 2.16. The van der Waals surface area contributed by atoms with Gasteiger partial charge in [0.15, 0.2) is 5.11 Å². The third kappa shape index (κ3) is 4.87. The highest BCUT2D eigenvalue weighted by atomic mass is 32.1. The van der Waals surface area contributed by atoms with Gasteiger partial charge in [-0.2, -0.15) is 5.10 Å². The standard InChI is InChI=1S/C19H20N4O3S2/c1-12-7-16(18(24)26-3)17(28-12)22-19(27)21-14-9-20-23(11-14)10-13-5-4-6-15(8-13)25-2/h4-9,11H,10H2,1-3H3,(H2,21,22,27). The molecule has 0 saturated carbocycles. The monoisotopic (exact) mass is 416 g/mol. The summed E-state index contributed by atoms with van der Waals surface area (Å²) < 4.78 is 11.9. The maximum atomic E-state index is 11.9. The summed E-state index contributed by atoms with van der Waals surface area (Å²) >= 11 is 6.80. The molecular formula is C19H20N4O3S2. The Bertz CT molecular complexity index is 997. The largest absolute Gasteiger partial charge is 0.497 e. The molecule has 7 nitrogen and oxygen atoms in total. The number of rotatable bonds is 6. The first-order valence-corrected chi connectivity index (χ1v) is 9.63. The molecule has 9 heteroatoms. The lowest BCUT2D eigenvalue weighted by Gasteiger charge is -2.08. The van der Waals surface area contributed by atoms with Crippen LogP contribution in [0.2, 0.25) is 0 Å². The first-order valence-electron chi connectivity index (χ1n) is 8.40. The van der Waals surface area contributed by atoms with Gasteiger partial charge in [0.2, 0.25) is 0 Å². The molecule has 28 heavy (non-hydrogen) atoms. The minimum Gasteiger partial charge on any atom is -0.497 e. The number of esters is 1. The number of thiophene rings is 1. The third-order valence-electron chi connectivity index (χ3n) is 3.86. The molecule has 0 bridgehead atoms. The molecule has 0 atom stereocenters. The molecule has 146 valence electrons. The highest BCUT2D eigenvalue weighted by molar-refractivity contribution is 7.80. The van der Waals surface area contributed by atoms with Crippen molar-refractivity contribution in [3.63, 3.8) is 0 Å². The Morgan fingerprint density at radius 1 is 1.29 bits per heavy atom. The Kier molecular flexibility index (Phi) is 6.27. The zero-order valence-corrected chi connectivity index (χ0v) is 17.3. The average molecular weight is 417 g/mol. The Balaban J connectivity index is 1.63. The molecule has 0 radical (unpaired) electrons. The van der Waals surface area contributed by atoms with Crippen LogP contribution in [0, 0.1) is 6.92 Å². The Morgan fingerprint density at radius 3 is 2.86 bits per heavy atom. The van der Waals surface area contributed by atoms with E-state index in [1.165, 1.54) is 18.4 Å². The molecule has 0 unspecified atom stereocenters. The van der Waals surface area contributed by atoms with Crippen LogP contribution < -0.4 is 15.4 Å². The summed E-state index contributed by atoms with van der Waals surface area (Å²) in [6, 6.07) is 9.59. The van der Waals surface area contributed by atoms with Crippen LogP contribution in [0.1, 0.15) is 20.8 Å². The smallest absolute Gasteiger partial charge is 0.340 e. The van der Waals surface area contributed by atoms with E-state index in [4.69, 9.17) is 21.7 Å². The number of aryl methyl sites for hydroxylation is 1. The number of nitrogens with one attached hydrogen (secondary N) is 2. The molecule has 0 aliphatic carbocycles. The number of benzene rings is 1. The summed E-state index contributed by atoms with van der Waals surface area (Å²) in [6.45, 7) is 2.52. The molecule has 0 fully saturated rings. The predicted molar refractivity (Wildman–Crippen MR) is 115 cm³/mol. The van der Waals surface area contributed by atoms with Crippen LogP contribution >= 0.6 is 23.6 Å². The van der Waals surface area contributed by atoms with Gasteiger partial charge >= 0.3 is 5.97 Å². The van der Waals surface area contributed by atoms with Gasteiger partial charge in [-0.05, 0) is 42.9 Å². The van der Waals surface area contributed by atoms with E-state index in [0.717, 1.165) is 21.9 Å². The predicted octanol–water partition coefficient (Wildman–Crippen LogP) is 3.91. The number of carbonyl (C=O) groups excluding carboxylic acids is 1. The summed E-state index contributed by atoms with van der Waals surface area (Å²) in [5.41, 5.74) is 2.28. The highest BCUT2D eigenvalue weighted by Crippen LogP contribution is 2.28. The summed E-state index contributed by atoms with van der Waals surface area (Å²) in [5.74, 6) is 0.404. The van der Waals surface area contributed by atoms with Gasteiger partial charge in [-0.25, -0.2) is 4.79 Å². The number of hydrogen-bond acceptors (Lipinski definition) is 6. The van der Waals surface area contributed by atoms with Crippen LogP contribution in [-0.2, 0) is 11.3 Å². The molecule has 3 aromatic rings. The zero-order valence-electron chi connectivity index (χ0n) is 15.7. The molecule has 0 aliphatic rings. The second-order valence-corrected chi connectivity index (χ2v) is 7.61. The number of methoxy groups -OCH3 is 2. The van der Waals surface area contributed by atoms with E-state index in [0.29, 0.717) is 22.2 Å². The van der Waals surface area contributed by atoms with Gasteiger partial charge in [0.05, 0.1) is 38.2 Å². The SMILES string of the molecule is COC(=O)c1cc(C)sc1NC(=S)Nc1cnn(Cc2cccc(OC)c2)c1. The van der Waals surface area contributed by atoms with E-state index >= 15 is 0 Å². The van der Waals surface area contributed by atoms with Gasteiger partial charge in [-0.1, -0.05) is 12.1 Å². The molecular weight excluding hydrogens is 396 g/mol. The fourth-order valence-corrected chi connectivity index (χ4v) is 3.80. The first kappa shape index (κ1) is 19.8. The van der Waals surface area contributed by atoms with Crippen molar-refractivity contribution >= 4 is 45.3 Å². The second-order valence-electron chi connectivity index (χ2n) is 5.95. The van der Waals surface area contributed by atoms with Crippen LogP contribution in [0.5, 0.6) is 5.75 Å². The third-order valence-corrected chi connectivity index (χ3v) is 5.03. The Hall–Kier alpha value is -2.91. The lowest BCUT2D eigenvalue weighted by atomic mass is 10.2. The summed E-state index contributed by atoms with van der Waals surface area (Å²) in [5, 5.41) is 11.5. The fraction of sp³-hybridized carbons (Fsp3) is 0.211. The van der Waals surface area contributed by atoms with Crippen molar-refractivity contribution in [1.82, 2.24) is 9.78 Å². The van der Waals surface area contributed by atoms with Gasteiger partial charge < -0.3 is 20.1 Å². The Morgan fingerprint density at radius 2 is 2.11 bits per heavy atom. The van der Waals surface area contributed by atoms with E-state index in [-0.39, 0.29) is 0 Å². The molecule has 0 amide bonds. The molecule has 0 aliphatic heterocycles. The maximum Gasteiger partial charge on any atom is 0.340 e. The second kappa shape index (κ2) is 8.85. The number of hydrogen-bond donors (Lipinski definition) is 2. The van der Waals surface area contributed by atoms with Gasteiger partial charge in [-0.15, -0.1) is 11.3 Å². The van der Waals surface area contributed by atoms with E-state index in [1.807, 2.05) is 37.4 Å². The molecule has 3 rings (SSSR count). The molecule has 0 spiro atoms. The van der Waals surface area contributed by atoms with E-state index in [2.05, 4.69) is 15.7 Å². The number of ether oxygens (including phenoxy) is 2. The van der Waals surface area contributed by atoms with Gasteiger partial charge in [-0.3, -0.25) is 4.68 Å². The lowest BCUT2D eigenvalue weighted by molar-refractivity contribution is 0.0602. The van der Waals surface area contributed by atoms with E-state index in [1.54, 1.807) is 24.1 Å². The quantitative estimate of drug-likeness (QED) is 0.466. The van der Waals surface area contributed by atoms with Crippen LogP contribution in [0.15, 0.2) is 42.7 Å². The van der Waals surface area contributed by atoms with Gasteiger partial charge in [0.1, 0.15) is 10.8 Å². The van der Waals surface area contributed by atoms with Gasteiger partial charge in [0, 0.05) is 11.1 Å². The Labute approximate surface area is 172 Å². The minimum atomic E-state index is -0.402. The topological polar surface area (TPSA) is 77.4 Å². The van der Waals surface area contributed by atoms with Crippen LogP contribution in [-0.4, -0.2) is 35.1 Å². The van der Waals surface area contributed by atoms with Crippen molar-refractivity contribution in [3.8, 4) is 5.75 Å². The van der Waals surface area contributed by atoms with Crippen molar-refractivity contribution in [1.29, 1.82) is 0 Å². The molecule has 2 heterocycles. The maximum absolute atomic E-state index is 11.9. The molecule has 2 N–H and O–H groups in total. The van der Waals surface area contributed by atoms with Crippen molar-refractivity contribution in [2.24, 2.45) is 0 Å².